The molecule has 0 bridgehead atoms. The van der Waals surface area contributed by atoms with Crippen molar-refractivity contribution in [2.45, 2.75) is 20.0 Å². The maximum atomic E-state index is 11.3. The summed E-state index contributed by atoms with van der Waals surface area (Å²) < 4.78 is 16.1. The Morgan fingerprint density at radius 3 is 2.53 bits per heavy atom. The Hall–Kier alpha value is -1.59. The van der Waals surface area contributed by atoms with Crippen LogP contribution in [0.2, 0.25) is 0 Å². The molecule has 0 amide bonds. The summed E-state index contributed by atoms with van der Waals surface area (Å²) in [6.45, 7) is 6.86. The molecule has 0 N–H and O–H groups in total. The summed E-state index contributed by atoms with van der Waals surface area (Å²) in [7, 11) is -0.277. The molecule has 1 heterocycles. The summed E-state index contributed by atoms with van der Waals surface area (Å²) in [6, 6.07) is 7.67. The summed E-state index contributed by atoms with van der Waals surface area (Å²) >= 11 is 0. The zero-order valence-corrected chi connectivity index (χ0v) is 11.1. The Balaban J connectivity index is 1.90. The summed E-state index contributed by atoms with van der Waals surface area (Å²) in [5.41, 5.74) is 2.31. The topological polar surface area (TPSA) is 44.8 Å². The van der Waals surface area contributed by atoms with Crippen molar-refractivity contribution in [3.8, 4) is 0 Å². The van der Waals surface area contributed by atoms with Crippen LogP contribution in [0.5, 0.6) is 0 Å². The lowest BCUT2D eigenvalue weighted by Crippen LogP contribution is -2.40. The minimum absolute atomic E-state index is 0.248. The number of rotatable bonds is 4. The van der Waals surface area contributed by atoms with Gasteiger partial charge in [-0.05, 0) is 24.4 Å². The van der Waals surface area contributed by atoms with Crippen LogP contribution in [0.3, 0.4) is 0 Å². The first-order valence-electron chi connectivity index (χ1n) is 6.31. The average molecular weight is 260 g/mol. The van der Waals surface area contributed by atoms with Gasteiger partial charge in [0.05, 0.1) is 0 Å². The van der Waals surface area contributed by atoms with Crippen molar-refractivity contribution in [2.24, 2.45) is 0 Å². The second-order valence-electron chi connectivity index (χ2n) is 4.53. The van der Waals surface area contributed by atoms with Crippen LogP contribution in [0.1, 0.15) is 18.9 Å². The van der Waals surface area contributed by atoms with Gasteiger partial charge in [0.25, 0.3) is 0 Å². The van der Waals surface area contributed by atoms with Gasteiger partial charge < -0.3 is 14.0 Å². The number of esters is 1. The fourth-order valence-electron chi connectivity index (χ4n) is 1.72. The predicted octanol–water partition coefficient (Wildman–Crippen LogP) is 1.44. The second-order valence-corrected chi connectivity index (χ2v) is 4.53. The van der Waals surface area contributed by atoms with Crippen LogP contribution in [0, 0.1) is 0 Å². The number of hydrogen-bond acceptors (Lipinski definition) is 4. The third-order valence-electron chi connectivity index (χ3n) is 2.80. The Bertz CT molecular complexity index is 449. The Labute approximate surface area is 113 Å². The van der Waals surface area contributed by atoms with Gasteiger partial charge in [0.2, 0.25) is 0 Å². The molecule has 0 radical (unpaired) electrons. The first kappa shape index (κ1) is 13.8. The normalized spacial score (nSPS) is 15.1. The van der Waals surface area contributed by atoms with E-state index in [2.05, 4.69) is 6.58 Å². The van der Waals surface area contributed by atoms with Crippen LogP contribution in [0.25, 0.3) is 0 Å². The van der Waals surface area contributed by atoms with E-state index in [4.69, 9.17) is 14.0 Å². The molecule has 1 aliphatic heterocycles. The number of ether oxygens (including phenoxy) is 1. The number of hydrogen-bond donors (Lipinski definition) is 0. The Kier molecular flexibility index (Phi) is 4.77. The molecule has 1 aromatic carbocycles. The van der Waals surface area contributed by atoms with Gasteiger partial charge in [0.1, 0.15) is 6.61 Å². The SMILES string of the molecule is C=C(C)C(=O)OCc1ccc(B2OCCCO2)cc1. The Morgan fingerprint density at radius 1 is 1.32 bits per heavy atom. The van der Waals surface area contributed by atoms with E-state index >= 15 is 0 Å². The van der Waals surface area contributed by atoms with E-state index in [0.717, 1.165) is 30.7 Å². The van der Waals surface area contributed by atoms with Crippen molar-refractivity contribution < 1.29 is 18.8 Å². The van der Waals surface area contributed by atoms with E-state index in [-0.39, 0.29) is 19.7 Å². The molecule has 0 spiro atoms. The molecular weight excluding hydrogens is 243 g/mol. The first-order valence-corrected chi connectivity index (χ1v) is 6.31. The van der Waals surface area contributed by atoms with Gasteiger partial charge in [-0.1, -0.05) is 30.8 Å². The molecule has 0 aliphatic carbocycles. The highest BCUT2D eigenvalue weighted by Gasteiger charge is 2.23. The molecule has 1 saturated heterocycles. The van der Waals surface area contributed by atoms with Gasteiger partial charge >= 0.3 is 13.1 Å². The smallest absolute Gasteiger partial charge is 0.457 e. The summed E-state index contributed by atoms with van der Waals surface area (Å²) in [5, 5.41) is 0. The molecule has 0 saturated carbocycles. The molecule has 0 atom stereocenters. The van der Waals surface area contributed by atoms with E-state index in [1.54, 1.807) is 6.92 Å². The van der Waals surface area contributed by atoms with Crippen LogP contribution in [-0.2, 0) is 25.4 Å². The predicted molar refractivity (Wildman–Crippen MR) is 73.0 cm³/mol. The number of carbonyl (C=O) groups is 1. The van der Waals surface area contributed by atoms with E-state index < -0.39 is 0 Å². The van der Waals surface area contributed by atoms with Crippen molar-refractivity contribution in [2.75, 3.05) is 13.2 Å². The molecule has 0 unspecified atom stereocenters. The van der Waals surface area contributed by atoms with Gasteiger partial charge in [-0.2, -0.15) is 0 Å². The fourth-order valence-corrected chi connectivity index (χ4v) is 1.72. The molecular formula is C14H17BO4. The van der Waals surface area contributed by atoms with E-state index in [0.29, 0.717) is 5.57 Å². The highest BCUT2D eigenvalue weighted by molar-refractivity contribution is 6.61. The van der Waals surface area contributed by atoms with Gasteiger partial charge in [-0.3, -0.25) is 0 Å². The highest BCUT2D eigenvalue weighted by Crippen LogP contribution is 2.06. The van der Waals surface area contributed by atoms with Gasteiger partial charge in [0.15, 0.2) is 0 Å². The quantitative estimate of drug-likeness (QED) is 0.467. The molecule has 1 aromatic rings. The molecule has 0 aromatic heterocycles. The lowest BCUT2D eigenvalue weighted by molar-refractivity contribution is -0.140. The average Bonchev–Trinajstić information content (AvgIpc) is 2.46. The van der Waals surface area contributed by atoms with Crippen LogP contribution in [0.15, 0.2) is 36.4 Å². The van der Waals surface area contributed by atoms with E-state index in [1.165, 1.54) is 0 Å². The lowest BCUT2D eigenvalue weighted by Gasteiger charge is -2.19. The lowest BCUT2D eigenvalue weighted by atomic mass is 9.78. The largest absolute Gasteiger partial charge is 0.493 e. The van der Waals surface area contributed by atoms with Crippen molar-refractivity contribution in [3.05, 3.63) is 42.0 Å². The fraction of sp³-hybridized carbons (Fsp3) is 0.357. The van der Waals surface area contributed by atoms with Crippen LogP contribution in [-0.4, -0.2) is 26.3 Å². The summed E-state index contributed by atoms with van der Waals surface area (Å²) in [4.78, 5) is 11.3. The van der Waals surface area contributed by atoms with E-state index in [9.17, 15) is 4.79 Å². The minimum atomic E-state index is -0.372. The van der Waals surface area contributed by atoms with Crippen molar-refractivity contribution in [1.29, 1.82) is 0 Å². The third kappa shape index (κ3) is 3.94. The monoisotopic (exact) mass is 260 g/mol. The van der Waals surface area contributed by atoms with Crippen LogP contribution >= 0.6 is 0 Å². The summed E-state index contributed by atoms with van der Waals surface area (Å²) in [6.07, 6.45) is 0.936. The third-order valence-corrected chi connectivity index (χ3v) is 2.80. The molecule has 1 aliphatic rings. The van der Waals surface area contributed by atoms with Crippen LogP contribution in [0.4, 0.5) is 0 Å². The molecule has 4 nitrogen and oxygen atoms in total. The van der Waals surface area contributed by atoms with Gasteiger partial charge in [-0.25, -0.2) is 4.79 Å². The van der Waals surface area contributed by atoms with E-state index in [1.807, 2.05) is 24.3 Å². The van der Waals surface area contributed by atoms with Gasteiger partial charge in [-0.15, -0.1) is 0 Å². The van der Waals surface area contributed by atoms with Crippen molar-refractivity contribution >= 4 is 18.6 Å². The zero-order chi connectivity index (χ0) is 13.7. The van der Waals surface area contributed by atoms with Crippen LogP contribution < -0.4 is 5.46 Å². The molecule has 1 fully saturated rings. The second kappa shape index (κ2) is 6.54. The first-order chi connectivity index (χ1) is 9.16. The molecule has 19 heavy (non-hydrogen) atoms. The summed E-state index contributed by atoms with van der Waals surface area (Å²) in [5.74, 6) is -0.372. The van der Waals surface area contributed by atoms with Crippen molar-refractivity contribution in [3.63, 3.8) is 0 Å². The minimum Gasteiger partial charge on any atom is -0.457 e. The van der Waals surface area contributed by atoms with Gasteiger partial charge in [0, 0.05) is 18.8 Å². The maximum Gasteiger partial charge on any atom is 0.493 e. The van der Waals surface area contributed by atoms with Crippen molar-refractivity contribution in [1.82, 2.24) is 0 Å². The maximum absolute atomic E-state index is 11.3. The Morgan fingerprint density at radius 2 is 1.95 bits per heavy atom. The molecule has 2 rings (SSSR count). The molecule has 5 heteroatoms. The number of benzene rings is 1. The highest BCUT2D eigenvalue weighted by atomic mass is 16.6. The zero-order valence-electron chi connectivity index (χ0n) is 11.1. The number of carbonyl (C=O) groups excluding carboxylic acids is 1. The molecule has 100 valence electrons. The standard InChI is InChI=1S/C14H17BO4/c1-11(2)14(16)17-10-12-4-6-13(7-5-12)15-18-8-3-9-19-15/h4-7H,1,3,8-10H2,2H3.